The molecule has 8 nitrogen and oxygen atoms in total. The van der Waals surface area contributed by atoms with Crippen molar-refractivity contribution in [2.24, 2.45) is 9.98 Å². The largest absolute Gasteiger partial charge is 0.504 e. The van der Waals surface area contributed by atoms with Crippen LogP contribution in [0.4, 0.5) is 5.88 Å². The van der Waals surface area contributed by atoms with E-state index in [1.165, 1.54) is 12.1 Å². The van der Waals surface area contributed by atoms with Gasteiger partial charge in [0, 0.05) is 13.1 Å². The number of phenolic OH excluding ortho intramolecular Hbond substituents is 2. The lowest BCUT2D eigenvalue weighted by atomic mass is 10.1. The van der Waals surface area contributed by atoms with Crippen LogP contribution in [0.5, 0.6) is 11.5 Å². The van der Waals surface area contributed by atoms with Crippen molar-refractivity contribution in [3.63, 3.8) is 0 Å². The Hall–Kier alpha value is -3.29. The number of phenols is 2. The number of aliphatic imine (C=N–C) groups is 2. The third-order valence-electron chi connectivity index (χ3n) is 5.03. The lowest BCUT2D eigenvalue weighted by Gasteiger charge is -2.18. The standard InChI is InChI=1S/C20H22N4O4/c1-3-13-9-24-10-22-20-17(18(24)23-13)16(11(2)28-20)19(27)21-7-6-12-4-5-14(25)15(26)8-12/h4-5,8,10,13,25-26H,3,6-7,9H2,1-2H3,(H,21,27). The molecule has 0 bridgehead atoms. The number of fused-ring (bicyclic) bond motifs is 3. The SMILES string of the molecule is CCC1CN2C=Nc3oc(C)c(C(=O)NCCc4ccc(O)c(O)c4)c3C2=N1. The van der Waals surface area contributed by atoms with Crippen LogP contribution in [0.15, 0.2) is 32.6 Å². The number of carbonyl (C=O) groups excluding carboxylic acids is 1. The van der Waals surface area contributed by atoms with E-state index in [-0.39, 0.29) is 23.4 Å². The number of benzene rings is 1. The Morgan fingerprint density at radius 1 is 1.36 bits per heavy atom. The van der Waals surface area contributed by atoms with E-state index in [4.69, 9.17) is 9.41 Å². The van der Waals surface area contributed by atoms with Gasteiger partial charge in [-0.1, -0.05) is 13.0 Å². The van der Waals surface area contributed by atoms with Gasteiger partial charge in [0.05, 0.1) is 17.2 Å². The fraction of sp³-hybridized carbons (Fsp3) is 0.350. The fourth-order valence-corrected chi connectivity index (χ4v) is 3.49. The zero-order valence-electron chi connectivity index (χ0n) is 15.8. The van der Waals surface area contributed by atoms with Crippen LogP contribution >= 0.6 is 0 Å². The number of nitrogens with zero attached hydrogens (tertiary/aromatic N) is 3. The zero-order valence-corrected chi connectivity index (χ0v) is 15.8. The Kier molecular flexibility index (Phi) is 4.54. The summed E-state index contributed by atoms with van der Waals surface area (Å²) in [6, 6.07) is 4.80. The van der Waals surface area contributed by atoms with Crippen LogP contribution in [0.2, 0.25) is 0 Å². The molecule has 0 saturated carbocycles. The van der Waals surface area contributed by atoms with Crippen molar-refractivity contribution in [1.29, 1.82) is 0 Å². The van der Waals surface area contributed by atoms with Gasteiger partial charge in [0.2, 0.25) is 5.88 Å². The van der Waals surface area contributed by atoms with Crippen molar-refractivity contribution < 1.29 is 19.4 Å². The van der Waals surface area contributed by atoms with Crippen LogP contribution in [0, 0.1) is 6.92 Å². The highest BCUT2D eigenvalue weighted by atomic mass is 16.4. The van der Waals surface area contributed by atoms with Gasteiger partial charge in [0.25, 0.3) is 5.91 Å². The summed E-state index contributed by atoms with van der Waals surface area (Å²) in [4.78, 5) is 23.9. The smallest absolute Gasteiger partial charge is 0.255 e. The fourth-order valence-electron chi connectivity index (χ4n) is 3.49. The molecular formula is C20H22N4O4. The van der Waals surface area contributed by atoms with E-state index in [0.717, 1.165) is 24.4 Å². The highest BCUT2D eigenvalue weighted by Crippen LogP contribution is 2.35. The summed E-state index contributed by atoms with van der Waals surface area (Å²) < 4.78 is 5.70. The number of hydrogen-bond donors (Lipinski definition) is 3. The molecule has 2 aliphatic rings. The number of aromatic hydroxyl groups is 2. The van der Waals surface area contributed by atoms with Crippen molar-refractivity contribution >= 4 is 24.0 Å². The van der Waals surface area contributed by atoms with Crippen molar-refractivity contribution in [3.05, 3.63) is 40.6 Å². The Morgan fingerprint density at radius 3 is 2.93 bits per heavy atom. The lowest BCUT2D eigenvalue weighted by Crippen LogP contribution is -2.33. The monoisotopic (exact) mass is 382 g/mol. The van der Waals surface area contributed by atoms with Gasteiger partial charge in [-0.2, -0.15) is 0 Å². The number of amides is 1. The van der Waals surface area contributed by atoms with Gasteiger partial charge in [-0.3, -0.25) is 9.79 Å². The van der Waals surface area contributed by atoms with Gasteiger partial charge in [-0.25, -0.2) is 4.99 Å². The average molecular weight is 382 g/mol. The quantitative estimate of drug-likeness (QED) is 0.688. The first kappa shape index (κ1) is 18.1. The second-order valence-electron chi connectivity index (χ2n) is 6.95. The molecule has 8 heteroatoms. The van der Waals surface area contributed by atoms with Crippen LogP contribution in [0.25, 0.3) is 0 Å². The van der Waals surface area contributed by atoms with Gasteiger partial charge in [0.1, 0.15) is 17.9 Å². The molecule has 1 aromatic carbocycles. The number of hydrogen-bond acceptors (Lipinski definition) is 7. The molecule has 1 unspecified atom stereocenters. The van der Waals surface area contributed by atoms with E-state index in [1.54, 1.807) is 19.3 Å². The van der Waals surface area contributed by atoms with Crippen molar-refractivity contribution in [3.8, 4) is 11.5 Å². The van der Waals surface area contributed by atoms with Crippen LogP contribution in [0.1, 0.15) is 40.6 Å². The first-order valence-corrected chi connectivity index (χ1v) is 9.29. The van der Waals surface area contributed by atoms with Gasteiger partial charge in [-0.15, -0.1) is 0 Å². The molecule has 2 aliphatic heterocycles. The molecule has 1 amide bonds. The third kappa shape index (κ3) is 3.11. The van der Waals surface area contributed by atoms with Gasteiger partial charge in [-0.05, 0) is 37.5 Å². The second-order valence-corrected chi connectivity index (χ2v) is 6.95. The predicted molar refractivity (Wildman–Crippen MR) is 105 cm³/mol. The molecule has 3 heterocycles. The molecule has 28 heavy (non-hydrogen) atoms. The third-order valence-corrected chi connectivity index (χ3v) is 5.03. The molecule has 2 aromatic rings. The number of carbonyl (C=O) groups is 1. The van der Waals surface area contributed by atoms with E-state index in [1.807, 2.05) is 4.90 Å². The average Bonchev–Trinajstić information content (AvgIpc) is 3.24. The van der Waals surface area contributed by atoms with Gasteiger partial charge in [0.15, 0.2) is 11.5 Å². The van der Waals surface area contributed by atoms with Crippen molar-refractivity contribution in [2.75, 3.05) is 13.1 Å². The number of furan rings is 1. The van der Waals surface area contributed by atoms with Crippen LogP contribution < -0.4 is 5.32 Å². The topological polar surface area (TPSA) is 111 Å². The second kappa shape index (κ2) is 7.03. The molecule has 4 rings (SSSR count). The first-order chi connectivity index (χ1) is 13.5. The Morgan fingerprint density at radius 2 is 2.18 bits per heavy atom. The summed E-state index contributed by atoms with van der Waals surface area (Å²) in [6.07, 6.45) is 3.14. The maximum absolute atomic E-state index is 12.9. The number of nitrogens with one attached hydrogen (secondary N) is 1. The van der Waals surface area contributed by atoms with E-state index in [0.29, 0.717) is 35.7 Å². The van der Waals surface area contributed by atoms with Crippen molar-refractivity contribution in [1.82, 2.24) is 10.2 Å². The molecule has 3 N–H and O–H groups in total. The van der Waals surface area contributed by atoms with Crippen LogP contribution in [0.3, 0.4) is 0 Å². The Labute approximate surface area is 162 Å². The molecule has 1 atom stereocenters. The molecule has 146 valence electrons. The number of aryl methyl sites for hydroxylation is 1. The van der Waals surface area contributed by atoms with Crippen LogP contribution in [-0.4, -0.2) is 52.3 Å². The molecule has 0 spiro atoms. The zero-order chi connectivity index (χ0) is 19.8. The van der Waals surface area contributed by atoms with E-state index < -0.39 is 0 Å². The normalized spacial score (nSPS) is 17.3. The molecule has 0 saturated heterocycles. The summed E-state index contributed by atoms with van der Waals surface area (Å²) >= 11 is 0. The first-order valence-electron chi connectivity index (χ1n) is 9.29. The molecule has 1 aromatic heterocycles. The van der Waals surface area contributed by atoms with E-state index in [9.17, 15) is 15.0 Å². The maximum Gasteiger partial charge on any atom is 0.255 e. The summed E-state index contributed by atoms with van der Waals surface area (Å²) in [5.41, 5.74) is 1.92. The molecule has 0 fully saturated rings. The molecular weight excluding hydrogens is 360 g/mol. The van der Waals surface area contributed by atoms with E-state index in [2.05, 4.69) is 17.2 Å². The summed E-state index contributed by atoms with van der Waals surface area (Å²) in [7, 11) is 0. The van der Waals surface area contributed by atoms with Crippen LogP contribution in [-0.2, 0) is 6.42 Å². The molecule has 0 radical (unpaired) electrons. The minimum Gasteiger partial charge on any atom is -0.504 e. The summed E-state index contributed by atoms with van der Waals surface area (Å²) in [6.45, 7) is 4.96. The minimum atomic E-state index is -0.245. The Bertz CT molecular complexity index is 992. The van der Waals surface area contributed by atoms with Gasteiger partial charge < -0.3 is 24.8 Å². The Balaban J connectivity index is 1.52. The minimum absolute atomic E-state index is 0.165. The highest BCUT2D eigenvalue weighted by Gasteiger charge is 2.35. The predicted octanol–water partition coefficient (Wildman–Crippen LogP) is 2.49. The van der Waals surface area contributed by atoms with Gasteiger partial charge >= 0.3 is 0 Å². The summed E-state index contributed by atoms with van der Waals surface area (Å²) in [5.74, 6) is 1.07. The summed E-state index contributed by atoms with van der Waals surface area (Å²) in [5, 5.41) is 21.9. The number of amidine groups is 1. The highest BCUT2D eigenvalue weighted by molar-refractivity contribution is 6.17. The molecule has 0 aliphatic carbocycles. The van der Waals surface area contributed by atoms with Crippen molar-refractivity contribution in [2.45, 2.75) is 32.7 Å². The van der Waals surface area contributed by atoms with E-state index >= 15 is 0 Å². The lowest BCUT2D eigenvalue weighted by molar-refractivity contribution is 0.0952. The maximum atomic E-state index is 12.9. The number of rotatable bonds is 5.